The van der Waals surface area contributed by atoms with Crippen molar-refractivity contribution in [1.82, 2.24) is 0 Å². The maximum Gasteiger partial charge on any atom is 0.464 e. The fourth-order valence-electron chi connectivity index (χ4n) is 0.277. The van der Waals surface area contributed by atoms with Crippen molar-refractivity contribution in [2.45, 2.75) is 22.9 Å². The van der Waals surface area contributed by atoms with E-state index in [1.54, 1.807) is 0 Å². The van der Waals surface area contributed by atoms with E-state index in [9.17, 15) is 43.9 Å². The van der Waals surface area contributed by atoms with Crippen LogP contribution in [-0.2, 0) is 0 Å². The summed E-state index contributed by atoms with van der Waals surface area (Å²) in [7, 11) is 0. The molecule has 0 aromatic heterocycles. The fourth-order valence-corrected chi connectivity index (χ4v) is 0.830. The molecule has 0 radical (unpaired) electrons. The molecule has 0 unspecified atom stereocenters. The maximum atomic E-state index is 11.8. The van der Waals surface area contributed by atoms with Gasteiger partial charge in [-0.15, -0.1) is 0 Å². The zero-order chi connectivity index (χ0) is 12.7. The molecule has 0 saturated carbocycles. The summed E-state index contributed by atoms with van der Waals surface area (Å²) in [5, 5.41) is -12.3. The Morgan fingerprint density at radius 3 is 0.800 bits per heavy atom. The molecule has 0 aliphatic carbocycles. The van der Waals surface area contributed by atoms with Crippen LogP contribution in [0.1, 0.15) is 0 Å². The Morgan fingerprint density at radius 2 is 0.667 bits per heavy atom. The van der Waals surface area contributed by atoms with E-state index in [4.69, 9.17) is 0 Å². The zero-order valence-electron chi connectivity index (χ0n) is 6.19. The smallest absolute Gasteiger partial charge is 0.183 e. The van der Waals surface area contributed by atoms with E-state index < -0.39 is 34.6 Å². The van der Waals surface area contributed by atoms with Gasteiger partial charge >= 0.3 is 22.9 Å². The van der Waals surface area contributed by atoms with E-state index in [0.717, 1.165) is 0 Å². The molecule has 0 bridgehead atoms. The standard InChI is InChI=1S/C4F10S/c5-1(6,7)3(11,12)15-4(13,14)2(8,9)10. The fraction of sp³-hybridized carbons (Fsp3) is 1.00. The average Bonchev–Trinajstić information content (AvgIpc) is 1.77. The number of hydrogen-bond acceptors (Lipinski definition) is 1. The summed E-state index contributed by atoms with van der Waals surface area (Å²) >= 11 is -2.80. The Kier molecular flexibility index (Phi) is 3.51. The van der Waals surface area contributed by atoms with Gasteiger partial charge in [0.25, 0.3) is 0 Å². The van der Waals surface area contributed by atoms with E-state index >= 15 is 0 Å². The van der Waals surface area contributed by atoms with E-state index in [2.05, 4.69) is 0 Å². The average molecular weight is 270 g/mol. The highest BCUT2D eigenvalue weighted by atomic mass is 32.2. The monoisotopic (exact) mass is 270 g/mol. The van der Waals surface area contributed by atoms with E-state index in [1.165, 1.54) is 0 Å². The number of rotatable bonds is 2. The van der Waals surface area contributed by atoms with Crippen molar-refractivity contribution in [3.63, 3.8) is 0 Å². The highest BCUT2D eigenvalue weighted by molar-refractivity contribution is 8.01. The molecule has 0 aliphatic heterocycles. The quantitative estimate of drug-likeness (QED) is 0.682. The van der Waals surface area contributed by atoms with Crippen molar-refractivity contribution in [1.29, 1.82) is 0 Å². The summed E-state index contributed by atoms with van der Waals surface area (Å²) in [6.07, 6.45) is -13.0. The second-order valence-corrected chi connectivity index (χ2v) is 3.36. The minimum absolute atomic E-state index is 2.80. The van der Waals surface area contributed by atoms with Crippen LogP contribution in [0.4, 0.5) is 43.9 Å². The third kappa shape index (κ3) is 3.31. The third-order valence-corrected chi connectivity index (χ3v) is 1.89. The van der Waals surface area contributed by atoms with Crippen molar-refractivity contribution in [2.24, 2.45) is 0 Å². The molecule has 0 saturated heterocycles. The summed E-state index contributed by atoms with van der Waals surface area (Å²) in [6.45, 7) is 0. The van der Waals surface area contributed by atoms with Crippen LogP contribution in [0.5, 0.6) is 0 Å². The predicted molar refractivity (Wildman–Crippen MR) is 29.6 cm³/mol. The molecule has 11 heteroatoms. The van der Waals surface area contributed by atoms with Crippen molar-refractivity contribution >= 4 is 11.8 Å². The van der Waals surface area contributed by atoms with Gasteiger partial charge in [0, 0.05) is 11.8 Å². The maximum absolute atomic E-state index is 11.8. The van der Waals surface area contributed by atoms with E-state index in [1.807, 2.05) is 0 Å². The lowest BCUT2D eigenvalue weighted by molar-refractivity contribution is -0.255. The molecule has 92 valence electrons. The Morgan fingerprint density at radius 1 is 0.467 bits per heavy atom. The van der Waals surface area contributed by atoms with Crippen LogP contribution in [0.15, 0.2) is 0 Å². The Bertz CT molecular complexity index is 199. The second kappa shape index (κ2) is 3.59. The minimum atomic E-state index is -6.48. The van der Waals surface area contributed by atoms with Crippen molar-refractivity contribution in [3.05, 3.63) is 0 Å². The summed E-state index contributed by atoms with van der Waals surface area (Å²) in [6, 6.07) is 0. The van der Waals surface area contributed by atoms with E-state index in [-0.39, 0.29) is 0 Å². The van der Waals surface area contributed by atoms with Crippen LogP contribution in [0.2, 0.25) is 0 Å². The molecule has 0 nitrogen and oxygen atoms in total. The van der Waals surface area contributed by atoms with Gasteiger partial charge in [-0.2, -0.15) is 43.9 Å². The van der Waals surface area contributed by atoms with Crippen LogP contribution in [-0.4, -0.2) is 22.9 Å². The van der Waals surface area contributed by atoms with Crippen LogP contribution in [0.25, 0.3) is 0 Å². The van der Waals surface area contributed by atoms with Gasteiger partial charge in [-0.25, -0.2) is 0 Å². The molecule has 0 N–H and O–H groups in total. The number of hydrogen-bond donors (Lipinski definition) is 0. The first kappa shape index (κ1) is 14.6. The first-order valence-electron chi connectivity index (χ1n) is 2.80. The largest absolute Gasteiger partial charge is 0.464 e. The molecule has 0 aliphatic rings. The van der Waals surface area contributed by atoms with Crippen molar-refractivity contribution < 1.29 is 43.9 Å². The van der Waals surface area contributed by atoms with E-state index in [0.29, 0.717) is 0 Å². The molecule has 0 amide bonds. The first-order valence-corrected chi connectivity index (χ1v) is 3.61. The van der Waals surface area contributed by atoms with Gasteiger partial charge in [0.05, 0.1) is 0 Å². The summed E-state index contributed by atoms with van der Waals surface area (Å²) in [4.78, 5) is 0. The molecule has 15 heavy (non-hydrogen) atoms. The van der Waals surface area contributed by atoms with Gasteiger partial charge in [0.1, 0.15) is 0 Å². The molecular formula is C4F10S. The molecule has 0 spiro atoms. The summed E-state index contributed by atoms with van der Waals surface area (Å²) < 4.78 is 115. The predicted octanol–water partition coefficient (Wildman–Crippen LogP) is 4.03. The van der Waals surface area contributed by atoms with Gasteiger partial charge in [0.15, 0.2) is 0 Å². The van der Waals surface area contributed by atoms with Gasteiger partial charge in [0.2, 0.25) is 0 Å². The molecule has 0 rings (SSSR count). The minimum Gasteiger partial charge on any atom is -0.183 e. The Labute approximate surface area is 79.6 Å². The lowest BCUT2D eigenvalue weighted by Crippen LogP contribution is -2.42. The summed E-state index contributed by atoms with van der Waals surface area (Å²) in [5.41, 5.74) is 0. The van der Waals surface area contributed by atoms with Crippen LogP contribution in [0.3, 0.4) is 0 Å². The SMILES string of the molecule is FC(F)(F)C(F)(F)SC(F)(F)C(F)(F)F. The molecule has 0 aromatic carbocycles. The number of halogens is 10. The molecule has 0 fully saturated rings. The van der Waals surface area contributed by atoms with Gasteiger partial charge < -0.3 is 0 Å². The van der Waals surface area contributed by atoms with Gasteiger partial charge in [-0.3, -0.25) is 0 Å². The highest BCUT2D eigenvalue weighted by Crippen LogP contribution is 2.55. The van der Waals surface area contributed by atoms with Crippen LogP contribution >= 0.6 is 11.8 Å². The molecule has 0 aromatic rings. The normalized spacial score (nSPS) is 15.6. The van der Waals surface area contributed by atoms with Crippen molar-refractivity contribution in [3.8, 4) is 0 Å². The second-order valence-electron chi connectivity index (χ2n) is 2.13. The lowest BCUT2D eigenvalue weighted by atomic mass is 10.7. The summed E-state index contributed by atoms with van der Waals surface area (Å²) in [5.74, 6) is 0. The Balaban J connectivity index is 4.89. The van der Waals surface area contributed by atoms with Gasteiger partial charge in [-0.05, 0) is 0 Å². The lowest BCUT2D eigenvalue weighted by Gasteiger charge is -2.25. The topological polar surface area (TPSA) is 0 Å². The first-order chi connectivity index (χ1) is 6.21. The Hall–Kier alpha value is -0.350. The highest BCUT2D eigenvalue weighted by Gasteiger charge is 2.70. The molecule has 0 atom stereocenters. The zero-order valence-corrected chi connectivity index (χ0v) is 7.00. The van der Waals surface area contributed by atoms with Crippen LogP contribution < -0.4 is 0 Å². The number of alkyl halides is 10. The molecule has 0 heterocycles. The van der Waals surface area contributed by atoms with Crippen LogP contribution in [0, 0.1) is 0 Å². The van der Waals surface area contributed by atoms with Gasteiger partial charge in [-0.1, -0.05) is 0 Å². The third-order valence-electron chi connectivity index (χ3n) is 0.916. The molecular weight excluding hydrogens is 270 g/mol. The number of thioether (sulfide) groups is 1. The van der Waals surface area contributed by atoms with Crippen molar-refractivity contribution in [2.75, 3.05) is 0 Å².